The number of methoxy groups -OCH3 is 2. The lowest BCUT2D eigenvalue weighted by Gasteiger charge is -2.53. The van der Waals surface area contributed by atoms with E-state index in [0.717, 1.165) is 38.5 Å². The molecule has 0 aliphatic heterocycles. The van der Waals surface area contributed by atoms with Gasteiger partial charge in [-0.05, 0) is 43.9 Å². The van der Waals surface area contributed by atoms with Crippen LogP contribution in [0.4, 0.5) is 26.3 Å². The third kappa shape index (κ3) is 6.64. The maximum atomic E-state index is 14.4. The van der Waals surface area contributed by atoms with E-state index in [2.05, 4.69) is 0 Å². The fourth-order valence-corrected chi connectivity index (χ4v) is 6.52. The lowest BCUT2D eigenvalue weighted by atomic mass is 9.58. The molecule has 1 fully saturated rings. The molecule has 1 saturated carbocycles. The van der Waals surface area contributed by atoms with E-state index in [9.17, 15) is 41.0 Å². The van der Waals surface area contributed by atoms with Gasteiger partial charge in [0, 0.05) is 25.3 Å². The molecule has 1 aliphatic rings. The summed E-state index contributed by atoms with van der Waals surface area (Å²) in [6.45, 7) is 6.33. The first-order valence-electron chi connectivity index (χ1n) is 14.7. The molecule has 2 aromatic rings. The minimum atomic E-state index is -5.16. The van der Waals surface area contributed by atoms with E-state index in [-0.39, 0.29) is 25.7 Å². The molecular weight excluding hydrogens is 622 g/mol. The maximum Gasteiger partial charge on any atom is 0.432 e. The molecule has 0 saturated heterocycles. The van der Waals surface area contributed by atoms with Gasteiger partial charge in [0.15, 0.2) is 0 Å². The molecule has 7 nitrogen and oxygen atoms in total. The second kappa shape index (κ2) is 13.5. The quantitative estimate of drug-likeness (QED) is 0.205. The van der Waals surface area contributed by atoms with Crippen LogP contribution in [0.15, 0.2) is 60.7 Å². The zero-order valence-electron chi connectivity index (χ0n) is 26.5. The number of carbonyl (C=O) groups excluding carboxylic acids is 2. The number of alkyl halides is 6. The fourth-order valence-electron chi connectivity index (χ4n) is 6.52. The van der Waals surface area contributed by atoms with E-state index in [0.29, 0.717) is 0 Å². The minimum absolute atomic E-state index is 0.0128. The average Bonchev–Trinajstić information content (AvgIpc) is 2.95. The summed E-state index contributed by atoms with van der Waals surface area (Å²) in [6, 6.07) is 12.8. The van der Waals surface area contributed by atoms with E-state index >= 15 is 0 Å². The Morgan fingerprint density at radius 2 is 1.28 bits per heavy atom. The van der Waals surface area contributed by atoms with Crippen LogP contribution >= 0.6 is 0 Å². The molecule has 0 bridgehead atoms. The summed E-state index contributed by atoms with van der Waals surface area (Å²) in [6.07, 6.45) is -12.6. The standard InChI is InChI=1S/C33H40F6O7/c1-21-19-25(46-27(41)31(44-6,33(37,38)39)24-15-11-8-12-16-24)20-28(3,4)29(21,42)18-17-22(2)45-26(40)30(43-5,32(34,35)36)23-13-9-7-10-14-23/h7-16,21-22,25,42H,17-20H2,1-6H3/t21-,22-,25+,29-,30+,31+/m1/s1. The number of aliphatic hydroxyl groups is 1. The molecule has 13 heteroatoms. The Morgan fingerprint density at radius 1 is 0.848 bits per heavy atom. The summed E-state index contributed by atoms with van der Waals surface area (Å²) in [5, 5.41) is 11.8. The number of rotatable bonds is 11. The zero-order chi connectivity index (χ0) is 34.8. The molecular formula is C33H40F6O7. The summed E-state index contributed by atoms with van der Waals surface area (Å²) in [7, 11) is 1.53. The first kappa shape index (κ1) is 37.3. The molecule has 1 aliphatic carbocycles. The van der Waals surface area contributed by atoms with E-state index in [1.807, 2.05) is 0 Å². The highest BCUT2D eigenvalue weighted by Gasteiger charge is 2.66. The van der Waals surface area contributed by atoms with Crippen molar-refractivity contribution in [3.63, 3.8) is 0 Å². The van der Waals surface area contributed by atoms with Gasteiger partial charge >= 0.3 is 24.3 Å². The Hall–Kier alpha value is -3.16. The minimum Gasteiger partial charge on any atom is -0.460 e. The van der Waals surface area contributed by atoms with Crippen molar-refractivity contribution < 1.29 is 60.0 Å². The Labute approximate surface area is 264 Å². The third-order valence-electron chi connectivity index (χ3n) is 9.20. The van der Waals surface area contributed by atoms with Crippen LogP contribution in [0.5, 0.6) is 0 Å². The monoisotopic (exact) mass is 662 g/mol. The van der Waals surface area contributed by atoms with Crippen molar-refractivity contribution in [1.82, 2.24) is 0 Å². The molecule has 0 amide bonds. The van der Waals surface area contributed by atoms with E-state index in [4.69, 9.17) is 18.9 Å². The predicted octanol–water partition coefficient (Wildman–Crippen LogP) is 7.01. The number of halogens is 6. The van der Waals surface area contributed by atoms with Crippen molar-refractivity contribution in [3.8, 4) is 0 Å². The van der Waals surface area contributed by atoms with Gasteiger partial charge in [-0.15, -0.1) is 0 Å². The Bertz CT molecular complexity index is 1330. The largest absolute Gasteiger partial charge is 0.460 e. The van der Waals surface area contributed by atoms with Gasteiger partial charge in [0.2, 0.25) is 0 Å². The average molecular weight is 663 g/mol. The van der Waals surface area contributed by atoms with Crippen molar-refractivity contribution in [2.24, 2.45) is 11.3 Å². The van der Waals surface area contributed by atoms with Crippen molar-refractivity contribution >= 4 is 11.9 Å². The van der Waals surface area contributed by atoms with Crippen molar-refractivity contribution in [1.29, 1.82) is 0 Å². The summed E-state index contributed by atoms with van der Waals surface area (Å²) in [5.41, 5.74) is -10.2. The Morgan fingerprint density at radius 3 is 1.67 bits per heavy atom. The molecule has 46 heavy (non-hydrogen) atoms. The van der Waals surface area contributed by atoms with Gasteiger partial charge in [-0.2, -0.15) is 26.3 Å². The van der Waals surface area contributed by atoms with Crippen molar-refractivity contribution in [2.75, 3.05) is 14.2 Å². The Kier molecular flexibility index (Phi) is 11.0. The number of benzene rings is 2. The SMILES string of the molecule is CO[C@](C(=O)O[C@H]1C[C@@H](C)[C@](O)(CC[C@@H](C)OC(=O)[C@@](OC)(c2ccccc2)C(F)(F)F)C(C)(C)C1)(c1ccccc1)C(F)(F)F. The number of esters is 2. The lowest BCUT2D eigenvalue weighted by molar-refractivity contribution is -0.280. The number of hydrogen-bond donors (Lipinski definition) is 1. The van der Waals surface area contributed by atoms with Crippen LogP contribution < -0.4 is 0 Å². The number of hydrogen-bond acceptors (Lipinski definition) is 7. The predicted molar refractivity (Wildman–Crippen MR) is 154 cm³/mol. The van der Waals surface area contributed by atoms with Crippen molar-refractivity contribution in [2.45, 2.75) is 94.7 Å². The molecule has 0 unspecified atom stereocenters. The second-order valence-electron chi connectivity index (χ2n) is 12.4. The van der Waals surface area contributed by atoms with Crippen LogP contribution in [0.1, 0.15) is 64.5 Å². The lowest BCUT2D eigenvalue weighted by Crippen LogP contribution is -2.58. The summed E-state index contributed by atoms with van der Waals surface area (Å²) in [5.74, 6) is -3.95. The van der Waals surface area contributed by atoms with E-state index in [1.54, 1.807) is 20.8 Å². The highest BCUT2D eigenvalue weighted by molar-refractivity contribution is 5.83. The molecule has 0 spiro atoms. The molecule has 0 heterocycles. The highest BCUT2D eigenvalue weighted by atomic mass is 19.4. The van der Waals surface area contributed by atoms with E-state index in [1.165, 1.54) is 43.3 Å². The van der Waals surface area contributed by atoms with E-state index < -0.39 is 75.8 Å². The fraction of sp³-hybridized carbons (Fsp3) is 0.576. The van der Waals surface area contributed by atoms with Crippen LogP contribution in [0.3, 0.4) is 0 Å². The molecule has 0 radical (unpaired) electrons. The van der Waals surface area contributed by atoms with Crippen LogP contribution in [0.25, 0.3) is 0 Å². The molecule has 6 atom stereocenters. The zero-order valence-corrected chi connectivity index (χ0v) is 26.5. The number of carbonyl (C=O) groups is 2. The van der Waals surface area contributed by atoms with Gasteiger partial charge < -0.3 is 24.1 Å². The van der Waals surface area contributed by atoms with Gasteiger partial charge in [0.1, 0.15) is 6.10 Å². The van der Waals surface area contributed by atoms with Crippen LogP contribution in [-0.4, -0.2) is 61.4 Å². The Balaban J connectivity index is 1.76. The molecule has 256 valence electrons. The smallest absolute Gasteiger partial charge is 0.432 e. The van der Waals surface area contributed by atoms with Crippen molar-refractivity contribution in [3.05, 3.63) is 71.8 Å². The first-order valence-corrected chi connectivity index (χ1v) is 14.7. The van der Waals surface area contributed by atoms with Crippen LogP contribution in [-0.2, 0) is 39.7 Å². The summed E-state index contributed by atoms with van der Waals surface area (Å²) in [4.78, 5) is 26.3. The second-order valence-corrected chi connectivity index (χ2v) is 12.4. The normalized spacial score (nSPS) is 25.1. The molecule has 2 aromatic carbocycles. The van der Waals surface area contributed by atoms with Gasteiger partial charge in [-0.1, -0.05) is 81.4 Å². The molecule has 0 aromatic heterocycles. The highest BCUT2D eigenvalue weighted by Crippen LogP contribution is 2.52. The van der Waals surface area contributed by atoms with Crippen LogP contribution in [0.2, 0.25) is 0 Å². The number of ether oxygens (including phenoxy) is 4. The summed E-state index contributed by atoms with van der Waals surface area (Å²) < 4.78 is 106. The molecule has 1 N–H and O–H groups in total. The third-order valence-corrected chi connectivity index (χ3v) is 9.20. The molecule has 3 rings (SSSR count). The topological polar surface area (TPSA) is 91.3 Å². The van der Waals surface area contributed by atoms with Gasteiger partial charge in [-0.25, -0.2) is 9.59 Å². The first-order chi connectivity index (χ1) is 21.2. The van der Waals surface area contributed by atoms with Gasteiger partial charge in [0.05, 0.1) is 11.7 Å². The van der Waals surface area contributed by atoms with Gasteiger partial charge in [-0.3, -0.25) is 0 Å². The van der Waals surface area contributed by atoms with Gasteiger partial charge in [0.25, 0.3) is 11.2 Å². The summed E-state index contributed by atoms with van der Waals surface area (Å²) >= 11 is 0. The van der Waals surface area contributed by atoms with Crippen LogP contribution in [0, 0.1) is 11.3 Å². The maximum absolute atomic E-state index is 14.4.